The maximum Gasteiger partial charge on any atom is 0.345 e. The Labute approximate surface area is 95.4 Å². The SMILES string of the molecule is C=C(C)CC(Oc1ccc(C)cc1)C(=O)O. The molecule has 3 heteroatoms. The third kappa shape index (κ3) is 3.77. The van der Waals surface area contributed by atoms with Crippen LogP contribution in [0, 0.1) is 6.92 Å². The Morgan fingerprint density at radius 1 is 1.44 bits per heavy atom. The van der Waals surface area contributed by atoms with Crippen molar-refractivity contribution >= 4 is 5.97 Å². The van der Waals surface area contributed by atoms with E-state index in [1.54, 1.807) is 19.1 Å². The molecule has 1 aromatic rings. The largest absolute Gasteiger partial charge is 0.478 e. The van der Waals surface area contributed by atoms with Gasteiger partial charge in [0.2, 0.25) is 0 Å². The Morgan fingerprint density at radius 2 is 2.00 bits per heavy atom. The monoisotopic (exact) mass is 220 g/mol. The third-order valence-corrected chi connectivity index (χ3v) is 2.11. The molecule has 16 heavy (non-hydrogen) atoms. The fourth-order valence-electron chi connectivity index (χ4n) is 1.28. The van der Waals surface area contributed by atoms with Crippen LogP contribution < -0.4 is 4.74 Å². The molecule has 0 aromatic heterocycles. The lowest BCUT2D eigenvalue weighted by Gasteiger charge is -2.15. The van der Waals surface area contributed by atoms with Crippen molar-refractivity contribution < 1.29 is 14.6 Å². The highest BCUT2D eigenvalue weighted by Crippen LogP contribution is 2.16. The summed E-state index contributed by atoms with van der Waals surface area (Å²) in [6.07, 6.45) is -0.538. The summed E-state index contributed by atoms with van der Waals surface area (Å²) in [5.74, 6) is -0.400. The molecular weight excluding hydrogens is 204 g/mol. The molecule has 0 aliphatic heterocycles. The number of benzene rings is 1. The van der Waals surface area contributed by atoms with Gasteiger partial charge in [0.1, 0.15) is 5.75 Å². The van der Waals surface area contributed by atoms with Crippen molar-refractivity contribution in [2.75, 3.05) is 0 Å². The highest BCUT2D eigenvalue weighted by molar-refractivity contribution is 5.73. The lowest BCUT2D eigenvalue weighted by Crippen LogP contribution is -2.27. The molecule has 0 fully saturated rings. The molecule has 0 heterocycles. The fourth-order valence-corrected chi connectivity index (χ4v) is 1.28. The van der Waals surface area contributed by atoms with Crippen molar-refractivity contribution in [1.29, 1.82) is 0 Å². The first-order valence-electron chi connectivity index (χ1n) is 5.09. The van der Waals surface area contributed by atoms with Crippen molar-refractivity contribution in [2.24, 2.45) is 0 Å². The van der Waals surface area contributed by atoms with Gasteiger partial charge in [-0.15, -0.1) is 0 Å². The van der Waals surface area contributed by atoms with Crippen molar-refractivity contribution in [3.8, 4) is 5.75 Å². The molecule has 1 N–H and O–H groups in total. The predicted octanol–water partition coefficient (Wildman–Crippen LogP) is 2.79. The van der Waals surface area contributed by atoms with Gasteiger partial charge >= 0.3 is 5.97 Å². The van der Waals surface area contributed by atoms with Gasteiger partial charge in [-0.1, -0.05) is 29.8 Å². The number of aryl methyl sites for hydroxylation is 1. The van der Waals surface area contributed by atoms with Crippen molar-refractivity contribution in [3.05, 3.63) is 42.0 Å². The van der Waals surface area contributed by atoms with Gasteiger partial charge in [-0.3, -0.25) is 0 Å². The molecule has 0 radical (unpaired) electrons. The Morgan fingerprint density at radius 3 is 2.44 bits per heavy atom. The Bertz CT molecular complexity index is 379. The summed E-state index contributed by atoms with van der Waals surface area (Å²) < 4.78 is 5.38. The maximum atomic E-state index is 10.9. The van der Waals surface area contributed by atoms with Crippen molar-refractivity contribution in [1.82, 2.24) is 0 Å². The molecule has 1 rings (SSSR count). The van der Waals surface area contributed by atoms with Crippen LogP contribution in [-0.4, -0.2) is 17.2 Å². The van der Waals surface area contributed by atoms with Crippen molar-refractivity contribution in [3.63, 3.8) is 0 Å². The second-order valence-corrected chi connectivity index (χ2v) is 3.92. The molecule has 1 aromatic carbocycles. The van der Waals surface area contributed by atoms with Crippen LogP contribution in [0.15, 0.2) is 36.4 Å². The maximum absolute atomic E-state index is 10.9. The molecule has 0 aliphatic carbocycles. The van der Waals surface area contributed by atoms with Crippen LogP contribution in [0.2, 0.25) is 0 Å². The van der Waals surface area contributed by atoms with E-state index in [1.165, 1.54) is 0 Å². The number of carboxylic acid groups (broad SMARTS) is 1. The van der Waals surface area contributed by atoms with Crippen molar-refractivity contribution in [2.45, 2.75) is 26.4 Å². The van der Waals surface area contributed by atoms with E-state index in [0.717, 1.165) is 11.1 Å². The average Bonchev–Trinajstić information content (AvgIpc) is 2.19. The number of carbonyl (C=O) groups is 1. The number of hydrogen-bond acceptors (Lipinski definition) is 2. The minimum atomic E-state index is -0.969. The molecule has 1 unspecified atom stereocenters. The molecule has 0 saturated heterocycles. The Hall–Kier alpha value is -1.77. The van der Waals surface area contributed by atoms with E-state index in [0.29, 0.717) is 12.2 Å². The van der Waals surface area contributed by atoms with E-state index < -0.39 is 12.1 Å². The van der Waals surface area contributed by atoms with Crippen LogP contribution in [0.5, 0.6) is 5.75 Å². The molecule has 0 saturated carbocycles. The number of aliphatic carboxylic acids is 1. The number of carboxylic acids is 1. The molecule has 3 nitrogen and oxygen atoms in total. The van der Waals surface area contributed by atoms with Gasteiger partial charge in [-0.25, -0.2) is 4.79 Å². The molecule has 0 amide bonds. The van der Waals surface area contributed by atoms with Gasteiger partial charge in [-0.2, -0.15) is 0 Å². The molecule has 0 aliphatic rings. The minimum absolute atomic E-state index is 0.323. The zero-order valence-corrected chi connectivity index (χ0v) is 9.56. The van der Waals surface area contributed by atoms with E-state index in [4.69, 9.17) is 9.84 Å². The predicted molar refractivity (Wildman–Crippen MR) is 62.7 cm³/mol. The highest BCUT2D eigenvalue weighted by Gasteiger charge is 2.19. The minimum Gasteiger partial charge on any atom is -0.478 e. The van der Waals surface area contributed by atoms with E-state index >= 15 is 0 Å². The van der Waals surface area contributed by atoms with Crippen LogP contribution in [0.4, 0.5) is 0 Å². The summed E-state index contributed by atoms with van der Waals surface area (Å²) in [5, 5.41) is 8.97. The van der Waals surface area contributed by atoms with Crippen LogP contribution in [0.1, 0.15) is 18.9 Å². The molecule has 0 spiro atoms. The topological polar surface area (TPSA) is 46.5 Å². The van der Waals surface area contributed by atoms with Gasteiger partial charge in [0.05, 0.1) is 0 Å². The van der Waals surface area contributed by atoms with Crippen LogP contribution in [0.25, 0.3) is 0 Å². The molecule has 1 atom stereocenters. The lowest BCUT2D eigenvalue weighted by atomic mass is 10.1. The average molecular weight is 220 g/mol. The van der Waals surface area contributed by atoms with E-state index in [9.17, 15) is 4.79 Å². The summed E-state index contributed by atoms with van der Waals surface area (Å²) in [6.45, 7) is 7.44. The smallest absolute Gasteiger partial charge is 0.345 e. The summed E-state index contributed by atoms with van der Waals surface area (Å²) in [7, 11) is 0. The molecular formula is C13H16O3. The van der Waals surface area contributed by atoms with Gasteiger partial charge < -0.3 is 9.84 Å². The van der Waals surface area contributed by atoms with Gasteiger partial charge in [0.25, 0.3) is 0 Å². The second-order valence-electron chi connectivity index (χ2n) is 3.92. The summed E-state index contributed by atoms with van der Waals surface area (Å²) in [5.41, 5.74) is 1.90. The first-order valence-corrected chi connectivity index (χ1v) is 5.09. The van der Waals surface area contributed by atoms with E-state index in [1.807, 2.05) is 19.1 Å². The third-order valence-electron chi connectivity index (χ3n) is 2.11. The van der Waals surface area contributed by atoms with Crippen LogP contribution in [-0.2, 0) is 4.79 Å². The van der Waals surface area contributed by atoms with Gasteiger partial charge in [-0.05, 0) is 26.0 Å². The number of ether oxygens (including phenoxy) is 1. The number of hydrogen-bond donors (Lipinski definition) is 1. The first kappa shape index (κ1) is 12.3. The number of rotatable bonds is 5. The highest BCUT2D eigenvalue weighted by atomic mass is 16.5. The Kier molecular flexibility index (Phi) is 4.11. The fraction of sp³-hybridized carbons (Fsp3) is 0.308. The summed E-state index contributed by atoms with van der Waals surface area (Å²) >= 11 is 0. The Balaban J connectivity index is 2.71. The zero-order valence-electron chi connectivity index (χ0n) is 9.56. The molecule has 0 bridgehead atoms. The normalized spacial score (nSPS) is 11.9. The summed E-state index contributed by atoms with van der Waals surface area (Å²) in [6, 6.07) is 7.30. The first-order chi connectivity index (χ1) is 7.49. The van der Waals surface area contributed by atoms with E-state index in [2.05, 4.69) is 6.58 Å². The standard InChI is InChI=1S/C13H16O3/c1-9(2)8-12(13(14)15)16-11-6-4-10(3)5-7-11/h4-7,12H,1,8H2,2-3H3,(H,14,15). The zero-order chi connectivity index (χ0) is 12.1. The summed E-state index contributed by atoms with van der Waals surface area (Å²) in [4.78, 5) is 10.9. The van der Waals surface area contributed by atoms with Crippen LogP contribution >= 0.6 is 0 Å². The quantitative estimate of drug-likeness (QED) is 0.776. The van der Waals surface area contributed by atoms with Gasteiger partial charge in [0.15, 0.2) is 6.10 Å². The van der Waals surface area contributed by atoms with E-state index in [-0.39, 0.29) is 0 Å². The molecule has 86 valence electrons. The second kappa shape index (κ2) is 5.35. The lowest BCUT2D eigenvalue weighted by molar-refractivity contribution is -0.145. The van der Waals surface area contributed by atoms with Gasteiger partial charge in [0, 0.05) is 6.42 Å². The van der Waals surface area contributed by atoms with Crippen LogP contribution in [0.3, 0.4) is 0 Å².